The molecule has 1 nitrogen and oxygen atoms in total. The molecule has 0 aromatic heterocycles. The highest BCUT2D eigenvalue weighted by molar-refractivity contribution is 8.19. The summed E-state index contributed by atoms with van der Waals surface area (Å²) < 4.78 is 4.96. The first-order valence-electron chi connectivity index (χ1n) is 2.55. The van der Waals surface area contributed by atoms with Crippen molar-refractivity contribution in [3.8, 4) is 0 Å². The Bertz CT molecular complexity index is 219. The van der Waals surface area contributed by atoms with Gasteiger partial charge in [-0.25, -0.2) is 0 Å². The Balaban J connectivity index is 2.86. The van der Waals surface area contributed by atoms with Crippen LogP contribution in [0.4, 0.5) is 0 Å². The number of hydrogen-bond acceptors (Lipinski definition) is 1. The van der Waals surface area contributed by atoms with Crippen LogP contribution in [0.3, 0.4) is 0 Å². The lowest BCUT2D eigenvalue weighted by atomic mass is 10.6. The summed E-state index contributed by atoms with van der Waals surface area (Å²) in [6.45, 7) is 3.55. The Morgan fingerprint density at radius 3 is 2.89 bits per heavy atom. The standard InChI is InChI=1S/C7H8OS/c1-3-9-5-4-7(6-9)8-2/h4-6H,1H2,2H3. The predicted octanol–water partition coefficient (Wildman–Crippen LogP) is 1.86. The van der Waals surface area contributed by atoms with E-state index in [1.54, 1.807) is 7.11 Å². The highest BCUT2D eigenvalue weighted by Gasteiger charge is 1.97. The topological polar surface area (TPSA) is 9.23 Å². The average Bonchev–Trinajstić information content (AvgIpc) is 2.34. The monoisotopic (exact) mass is 140 g/mol. The molecule has 0 radical (unpaired) electrons. The molecule has 48 valence electrons. The molecule has 0 aliphatic carbocycles. The van der Waals surface area contributed by atoms with Gasteiger partial charge in [-0.05, 0) is 18.1 Å². The van der Waals surface area contributed by atoms with Crippen LogP contribution >= 0.6 is 10.5 Å². The molecular formula is C7H8OS. The van der Waals surface area contributed by atoms with Crippen molar-refractivity contribution in [2.24, 2.45) is 0 Å². The van der Waals surface area contributed by atoms with Crippen molar-refractivity contribution >= 4 is 15.5 Å². The minimum atomic E-state index is 0.00708. The fourth-order valence-electron chi connectivity index (χ4n) is 0.550. The molecule has 0 amide bonds. The molecule has 1 unspecified atom stereocenters. The average molecular weight is 140 g/mol. The Labute approximate surface area is 57.3 Å². The zero-order valence-corrected chi connectivity index (χ0v) is 6.07. The third-order valence-electron chi connectivity index (χ3n) is 1.02. The summed E-state index contributed by atoms with van der Waals surface area (Å²) in [4.78, 5) is 0. The van der Waals surface area contributed by atoms with Crippen molar-refractivity contribution in [1.82, 2.24) is 0 Å². The number of allylic oxidation sites excluding steroid dienone is 1. The molecule has 2 heteroatoms. The highest BCUT2D eigenvalue weighted by atomic mass is 32.2. The summed E-state index contributed by atoms with van der Waals surface area (Å²) in [5.41, 5.74) is 0. The van der Waals surface area contributed by atoms with Gasteiger partial charge in [-0.15, -0.1) is 0 Å². The molecule has 1 heterocycles. The molecule has 0 fully saturated rings. The van der Waals surface area contributed by atoms with E-state index in [1.165, 1.54) is 0 Å². The van der Waals surface area contributed by atoms with E-state index in [2.05, 4.69) is 11.6 Å². The van der Waals surface area contributed by atoms with Crippen LogP contribution in [0.5, 0.6) is 0 Å². The molecule has 0 aromatic carbocycles. The van der Waals surface area contributed by atoms with Crippen LogP contribution in [-0.4, -0.2) is 12.1 Å². The van der Waals surface area contributed by atoms with Gasteiger partial charge in [-0.3, -0.25) is 0 Å². The number of hydrogen-bond donors (Lipinski definition) is 0. The van der Waals surface area contributed by atoms with Gasteiger partial charge >= 0.3 is 0 Å². The van der Waals surface area contributed by atoms with Crippen LogP contribution in [0.15, 0.2) is 29.2 Å². The van der Waals surface area contributed by atoms with Crippen LogP contribution in [0, 0.1) is 0 Å². The summed E-state index contributed by atoms with van der Waals surface area (Å²) in [6.07, 6.45) is 1.93. The van der Waals surface area contributed by atoms with Gasteiger partial charge in [0.1, 0.15) is 5.76 Å². The summed E-state index contributed by atoms with van der Waals surface area (Å²) in [7, 11) is 1.67. The van der Waals surface area contributed by atoms with Crippen molar-refractivity contribution in [2.75, 3.05) is 7.11 Å². The quantitative estimate of drug-likeness (QED) is 0.505. The Hall–Kier alpha value is -0.720. The zero-order valence-electron chi connectivity index (χ0n) is 5.26. The van der Waals surface area contributed by atoms with Crippen molar-refractivity contribution in [2.45, 2.75) is 0 Å². The third-order valence-corrected chi connectivity index (χ3v) is 2.27. The fraction of sp³-hybridized carbons (Fsp3) is 0.143. The molecule has 1 aliphatic rings. The van der Waals surface area contributed by atoms with E-state index >= 15 is 0 Å². The lowest BCUT2D eigenvalue weighted by molar-refractivity contribution is 0.308. The molecule has 1 atom stereocenters. The van der Waals surface area contributed by atoms with Gasteiger partial charge in [0.15, 0.2) is 0 Å². The second kappa shape index (κ2) is 2.72. The van der Waals surface area contributed by atoms with Crippen LogP contribution in [0.25, 0.3) is 0 Å². The molecule has 1 aliphatic heterocycles. The first-order chi connectivity index (χ1) is 4.36. The van der Waals surface area contributed by atoms with Gasteiger partial charge in [-0.1, -0.05) is 15.5 Å². The zero-order chi connectivity index (χ0) is 6.69. The van der Waals surface area contributed by atoms with Gasteiger partial charge in [0.25, 0.3) is 0 Å². The minimum absolute atomic E-state index is 0.00708. The SMILES string of the molecule is C=C=S1C=CC(OC)=C1. The fourth-order valence-corrected chi connectivity index (χ4v) is 1.51. The molecule has 0 saturated carbocycles. The lowest BCUT2D eigenvalue weighted by Crippen LogP contribution is -1.73. The van der Waals surface area contributed by atoms with Gasteiger partial charge in [-0.2, -0.15) is 0 Å². The van der Waals surface area contributed by atoms with E-state index in [-0.39, 0.29) is 10.5 Å². The number of rotatable bonds is 1. The van der Waals surface area contributed by atoms with Crippen LogP contribution in [0.2, 0.25) is 0 Å². The first-order valence-corrected chi connectivity index (χ1v) is 3.90. The maximum absolute atomic E-state index is 4.96. The van der Waals surface area contributed by atoms with Crippen LogP contribution in [0.1, 0.15) is 0 Å². The molecule has 0 saturated heterocycles. The largest absolute Gasteiger partial charge is 0.496 e. The Morgan fingerprint density at radius 2 is 2.56 bits per heavy atom. The summed E-state index contributed by atoms with van der Waals surface area (Å²) in [5.74, 6) is 0.912. The van der Waals surface area contributed by atoms with E-state index in [1.807, 2.05) is 16.9 Å². The molecule has 0 N–H and O–H groups in total. The van der Waals surface area contributed by atoms with Crippen molar-refractivity contribution < 1.29 is 4.74 Å². The Morgan fingerprint density at radius 1 is 1.78 bits per heavy atom. The molecule has 9 heavy (non-hydrogen) atoms. The molecule has 0 spiro atoms. The Kier molecular flexibility index (Phi) is 1.93. The third kappa shape index (κ3) is 1.35. The summed E-state index contributed by atoms with van der Waals surface area (Å²) >= 11 is 0. The molecule has 1 rings (SSSR count). The second-order valence-corrected chi connectivity index (χ2v) is 3.08. The van der Waals surface area contributed by atoms with Crippen molar-refractivity contribution in [1.29, 1.82) is 0 Å². The molecule has 0 aromatic rings. The minimum Gasteiger partial charge on any atom is -0.496 e. The molecular weight excluding hydrogens is 132 g/mol. The number of methoxy groups -OCH3 is 1. The highest BCUT2D eigenvalue weighted by Crippen LogP contribution is 2.24. The van der Waals surface area contributed by atoms with Crippen LogP contribution < -0.4 is 0 Å². The lowest BCUT2D eigenvalue weighted by Gasteiger charge is -1.90. The van der Waals surface area contributed by atoms with E-state index in [9.17, 15) is 0 Å². The van der Waals surface area contributed by atoms with Gasteiger partial charge in [0.05, 0.1) is 7.11 Å². The normalized spacial score (nSPS) is 23.2. The molecule has 0 bridgehead atoms. The van der Waals surface area contributed by atoms with Gasteiger partial charge in [0, 0.05) is 5.41 Å². The van der Waals surface area contributed by atoms with Crippen molar-refractivity contribution in [3.63, 3.8) is 0 Å². The van der Waals surface area contributed by atoms with E-state index in [0.717, 1.165) is 5.76 Å². The van der Waals surface area contributed by atoms with Crippen molar-refractivity contribution in [3.05, 3.63) is 29.2 Å². The number of ether oxygens (including phenoxy) is 1. The predicted molar refractivity (Wildman–Crippen MR) is 42.5 cm³/mol. The van der Waals surface area contributed by atoms with Crippen LogP contribution in [-0.2, 0) is 4.74 Å². The van der Waals surface area contributed by atoms with E-state index in [4.69, 9.17) is 4.74 Å². The van der Waals surface area contributed by atoms with Gasteiger partial charge < -0.3 is 4.74 Å². The maximum atomic E-state index is 4.96. The van der Waals surface area contributed by atoms with E-state index < -0.39 is 0 Å². The van der Waals surface area contributed by atoms with E-state index in [0.29, 0.717) is 0 Å². The maximum Gasteiger partial charge on any atom is 0.126 e. The van der Waals surface area contributed by atoms with Gasteiger partial charge in [0.2, 0.25) is 0 Å². The second-order valence-electron chi connectivity index (χ2n) is 1.54. The first kappa shape index (κ1) is 6.40. The smallest absolute Gasteiger partial charge is 0.126 e. The summed E-state index contributed by atoms with van der Waals surface area (Å²) in [5, 5.41) is 6.88. The summed E-state index contributed by atoms with van der Waals surface area (Å²) in [6, 6.07) is 0.